The molecule has 0 aromatic heterocycles. The molecule has 0 unspecified atom stereocenters. The van der Waals surface area contributed by atoms with Crippen LogP contribution in [0.5, 0.6) is 0 Å². The van der Waals surface area contributed by atoms with Crippen molar-refractivity contribution in [2.75, 3.05) is 13.2 Å². The second-order valence-electron chi connectivity index (χ2n) is 16.9. The first kappa shape index (κ1) is 52.4. The monoisotopic (exact) mass is 765 g/mol. The highest BCUT2D eigenvalue weighted by Gasteiger charge is 2.19. The largest absolute Gasteiger partial charge is 0.462 e. The molecule has 0 saturated heterocycles. The maximum absolute atomic E-state index is 12.7. The number of ether oxygens (including phenoxy) is 3. The molecule has 0 fully saturated rings. The van der Waals surface area contributed by atoms with E-state index in [4.69, 9.17) is 14.2 Å². The molecule has 0 amide bonds. The van der Waals surface area contributed by atoms with Crippen LogP contribution in [-0.2, 0) is 28.6 Å². The molecule has 0 saturated carbocycles. The molecule has 0 aromatic rings. The average molecular weight is 765 g/mol. The van der Waals surface area contributed by atoms with Crippen LogP contribution in [0, 0.1) is 5.92 Å². The van der Waals surface area contributed by atoms with E-state index in [1.165, 1.54) is 154 Å². The molecule has 0 heterocycles. The van der Waals surface area contributed by atoms with E-state index in [0.29, 0.717) is 19.3 Å². The van der Waals surface area contributed by atoms with Gasteiger partial charge in [0, 0.05) is 19.3 Å². The molecule has 0 rings (SSSR count). The van der Waals surface area contributed by atoms with E-state index < -0.39 is 6.10 Å². The Labute approximate surface area is 336 Å². The smallest absolute Gasteiger partial charge is 0.306 e. The van der Waals surface area contributed by atoms with Crippen LogP contribution in [0.1, 0.15) is 265 Å². The van der Waals surface area contributed by atoms with Crippen LogP contribution in [-0.4, -0.2) is 37.2 Å². The molecule has 0 bridgehead atoms. The lowest BCUT2D eigenvalue weighted by atomic mass is 10.0. The van der Waals surface area contributed by atoms with Crippen LogP contribution in [0.4, 0.5) is 0 Å². The topological polar surface area (TPSA) is 78.9 Å². The van der Waals surface area contributed by atoms with Gasteiger partial charge in [0.2, 0.25) is 0 Å². The Kier molecular flexibility index (Phi) is 41.3. The van der Waals surface area contributed by atoms with E-state index in [1.807, 2.05) is 0 Å². The minimum absolute atomic E-state index is 0.0648. The van der Waals surface area contributed by atoms with E-state index in [-0.39, 0.29) is 31.1 Å². The maximum atomic E-state index is 12.7. The first-order valence-electron chi connectivity index (χ1n) is 23.9. The molecule has 0 aliphatic heterocycles. The molecule has 6 heteroatoms. The summed E-state index contributed by atoms with van der Waals surface area (Å²) >= 11 is 0. The number of esters is 3. The molecule has 1 atom stereocenters. The highest BCUT2D eigenvalue weighted by Crippen LogP contribution is 2.17. The van der Waals surface area contributed by atoms with Crippen LogP contribution in [0.3, 0.4) is 0 Å². The Morgan fingerprint density at radius 2 is 0.611 bits per heavy atom. The molecule has 320 valence electrons. The summed E-state index contributed by atoms with van der Waals surface area (Å²) in [5.41, 5.74) is 0. The lowest BCUT2D eigenvalue weighted by molar-refractivity contribution is -0.167. The second-order valence-corrected chi connectivity index (χ2v) is 16.9. The molecular weight excluding hydrogens is 673 g/mol. The van der Waals surface area contributed by atoms with Crippen molar-refractivity contribution in [3.8, 4) is 0 Å². The number of rotatable bonds is 43. The number of carbonyl (C=O) groups is 3. The SMILES string of the molecule is CCCCCCCCCCCCCCCCCCCCCC(=O)OC[C@H](COC(=O)CCCCCCC)OC(=O)CCCCCCCCCCCC(C)C. The third kappa shape index (κ3) is 41.6. The van der Waals surface area contributed by atoms with E-state index in [2.05, 4.69) is 27.7 Å². The van der Waals surface area contributed by atoms with Gasteiger partial charge in [0.05, 0.1) is 0 Å². The minimum Gasteiger partial charge on any atom is -0.462 e. The van der Waals surface area contributed by atoms with Gasteiger partial charge in [-0.15, -0.1) is 0 Å². The zero-order valence-corrected chi connectivity index (χ0v) is 36.7. The minimum atomic E-state index is -0.758. The van der Waals surface area contributed by atoms with Crippen molar-refractivity contribution in [3.63, 3.8) is 0 Å². The van der Waals surface area contributed by atoms with Gasteiger partial charge in [0.25, 0.3) is 0 Å². The predicted octanol–water partition coefficient (Wildman–Crippen LogP) is 15.1. The van der Waals surface area contributed by atoms with Gasteiger partial charge in [0.15, 0.2) is 6.10 Å². The Balaban J connectivity index is 4.10. The first-order chi connectivity index (χ1) is 26.4. The molecule has 0 aromatic carbocycles. The van der Waals surface area contributed by atoms with Crippen molar-refractivity contribution >= 4 is 17.9 Å². The third-order valence-corrected chi connectivity index (χ3v) is 10.8. The average Bonchev–Trinajstić information content (AvgIpc) is 3.15. The number of hydrogen-bond acceptors (Lipinski definition) is 6. The summed E-state index contributed by atoms with van der Waals surface area (Å²) < 4.78 is 16.6. The van der Waals surface area contributed by atoms with Gasteiger partial charge in [-0.25, -0.2) is 0 Å². The Hall–Kier alpha value is -1.59. The van der Waals surface area contributed by atoms with E-state index in [9.17, 15) is 14.4 Å². The molecule has 0 N–H and O–H groups in total. The van der Waals surface area contributed by atoms with Crippen LogP contribution >= 0.6 is 0 Å². The van der Waals surface area contributed by atoms with Gasteiger partial charge in [0.1, 0.15) is 13.2 Å². The van der Waals surface area contributed by atoms with Gasteiger partial charge in [-0.3, -0.25) is 14.4 Å². The lowest BCUT2D eigenvalue weighted by Gasteiger charge is -2.18. The van der Waals surface area contributed by atoms with Gasteiger partial charge in [-0.2, -0.15) is 0 Å². The molecule has 0 aliphatic rings. The molecule has 54 heavy (non-hydrogen) atoms. The third-order valence-electron chi connectivity index (χ3n) is 10.8. The predicted molar refractivity (Wildman–Crippen MR) is 229 cm³/mol. The van der Waals surface area contributed by atoms with Gasteiger partial charge in [-0.1, -0.05) is 227 Å². The van der Waals surface area contributed by atoms with Gasteiger partial charge < -0.3 is 14.2 Å². The van der Waals surface area contributed by atoms with Crippen LogP contribution in [0.25, 0.3) is 0 Å². The number of hydrogen-bond donors (Lipinski definition) is 0. The second kappa shape index (κ2) is 42.6. The fourth-order valence-corrected chi connectivity index (χ4v) is 7.16. The summed E-state index contributed by atoms with van der Waals surface area (Å²) in [6.07, 6.45) is 42.7. The number of carbonyl (C=O) groups excluding carboxylic acids is 3. The summed E-state index contributed by atoms with van der Waals surface area (Å²) in [4.78, 5) is 37.5. The van der Waals surface area contributed by atoms with Crippen molar-refractivity contribution in [2.45, 2.75) is 271 Å². The Bertz CT molecular complexity index is 811. The lowest BCUT2D eigenvalue weighted by Crippen LogP contribution is -2.30. The highest BCUT2D eigenvalue weighted by atomic mass is 16.6. The summed E-state index contributed by atoms with van der Waals surface area (Å²) in [6, 6.07) is 0. The standard InChI is InChI=1S/C48H92O6/c1-5-7-9-11-12-13-14-15-16-17-18-19-20-21-22-25-28-32-36-40-47(50)53-43-45(42-52-46(49)39-35-30-10-8-6-2)54-48(51)41-37-33-29-26-23-24-27-31-34-38-44(3)4/h44-45H,5-43H2,1-4H3/t45-/m0/s1. The van der Waals surface area contributed by atoms with Crippen molar-refractivity contribution in [1.82, 2.24) is 0 Å². The van der Waals surface area contributed by atoms with Gasteiger partial charge in [-0.05, 0) is 25.2 Å². The molecule has 0 spiro atoms. The number of unbranched alkanes of at least 4 members (excludes halogenated alkanes) is 30. The quantitative estimate of drug-likeness (QED) is 0.0349. The zero-order chi connectivity index (χ0) is 39.6. The van der Waals surface area contributed by atoms with E-state index in [1.54, 1.807) is 0 Å². The van der Waals surface area contributed by atoms with E-state index in [0.717, 1.165) is 70.1 Å². The highest BCUT2D eigenvalue weighted by molar-refractivity contribution is 5.71. The van der Waals surface area contributed by atoms with Crippen molar-refractivity contribution < 1.29 is 28.6 Å². The van der Waals surface area contributed by atoms with Crippen molar-refractivity contribution in [2.24, 2.45) is 5.92 Å². The summed E-state index contributed by atoms with van der Waals surface area (Å²) in [7, 11) is 0. The maximum Gasteiger partial charge on any atom is 0.306 e. The fourth-order valence-electron chi connectivity index (χ4n) is 7.16. The summed E-state index contributed by atoms with van der Waals surface area (Å²) in [5.74, 6) is -0.0612. The first-order valence-corrected chi connectivity index (χ1v) is 23.9. The van der Waals surface area contributed by atoms with Crippen LogP contribution in [0.2, 0.25) is 0 Å². The normalized spacial score (nSPS) is 11.9. The Morgan fingerprint density at radius 1 is 0.352 bits per heavy atom. The van der Waals surface area contributed by atoms with Gasteiger partial charge >= 0.3 is 17.9 Å². The van der Waals surface area contributed by atoms with E-state index >= 15 is 0 Å². The molecule has 0 radical (unpaired) electrons. The Morgan fingerprint density at radius 3 is 0.907 bits per heavy atom. The molecular formula is C48H92O6. The molecule has 6 nitrogen and oxygen atoms in total. The van der Waals surface area contributed by atoms with Crippen molar-refractivity contribution in [1.29, 1.82) is 0 Å². The zero-order valence-electron chi connectivity index (χ0n) is 36.7. The van der Waals surface area contributed by atoms with Crippen LogP contribution in [0.15, 0.2) is 0 Å². The van der Waals surface area contributed by atoms with Crippen LogP contribution < -0.4 is 0 Å². The summed E-state index contributed by atoms with van der Waals surface area (Å²) in [6.45, 7) is 8.91. The summed E-state index contributed by atoms with van der Waals surface area (Å²) in [5, 5.41) is 0. The van der Waals surface area contributed by atoms with Crippen molar-refractivity contribution in [3.05, 3.63) is 0 Å². The molecule has 0 aliphatic carbocycles. The fraction of sp³-hybridized carbons (Fsp3) is 0.938.